The van der Waals surface area contributed by atoms with Crippen LogP contribution in [0.5, 0.6) is 0 Å². The smallest absolute Gasteiger partial charge is 0.266 e. The molecule has 0 unspecified atom stereocenters. The van der Waals surface area contributed by atoms with Gasteiger partial charge in [0.2, 0.25) is 5.91 Å². The Hall–Kier alpha value is -0.700. The van der Waals surface area contributed by atoms with Crippen molar-refractivity contribution in [1.29, 1.82) is 0 Å². The minimum atomic E-state index is -4.07. The number of carbonyl (C=O) groups excluding carboxylic acids is 1. The molecule has 196 valence electrons. The Morgan fingerprint density at radius 1 is 1.06 bits per heavy atom. The van der Waals surface area contributed by atoms with Crippen LogP contribution in [0, 0.1) is 46.3 Å². The second-order valence-corrected chi connectivity index (χ2v) is 14.1. The second kappa shape index (κ2) is 9.64. The van der Waals surface area contributed by atoms with Crippen molar-refractivity contribution in [2.24, 2.45) is 46.3 Å². The fraction of sp³-hybridized carbons (Fsp3) is 0.962. The number of nitrogens with one attached hydrogen (secondary N) is 1. The highest BCUT2D eigenvalue weighted by Crippen LogP contribution is 2.68. The van der Waals surface area contributed by atoms with E-state index < -0.39 is 15.9 Å². The van der Waals surface area contributed by atoms with Crippen LogP contribution in [0.3, 0.4) is 0 Å². The molecule has 10 atom stereocenters. The van der Waals surface area contributed by atoms with Crippen LogP contribution in [0.1, 0.15) is 85.0 Å². The maximum atomic E-state index is 12.2. The van der Waals surface area contributed by atoms with Gasteiger partial charge in [0.05, 0.1) is 18.0 Å². The molecule has 0 aromatic carbocycles. The largest absolute Gasteiger partial charge is 0.393 e. The summed E-state index contributed by atoms with van der Waals surface area (Å²) in [5.74, 6) is 2.28. The molecule has 4 saturated carbocycles. The van der Waals surface area contributed by atoms with Crippen LogP contribution in [-0.4, -0.2) is 53.6 Å². The first-order valence-electron chi connectivity index (χ1n) is 13.4. The summed E-state index contributed by atoms with van der Waals surface area (Å²) < 4.78 is 30.5. The third-order valence-corrected chi connectivity index (χ3v) is 11.7. The van der Waals surface area contributed by atoms with E-state index in [0.29, 0.717) is 48.3 Å². The lowest BCUT2D eigenvalue weighted by Crippen LogP contribution is -2.58. The number of aliphatic hydroxyl groups excluding tert-OH is 2. The molecule has 4 fully saturated rings. The standard InChI is InChI=1S/C26H45NO6S/c1-16(4-9-24(30)27-12-13-34(31,32)33)20-7-8-21-19-6-5-17-14-18(28)10-11-25(17,2)22(19)15-23(29)26(20,21)3/h16-23,28-29H,4-15H2,1-3H3,(H,27,30)(H,31,32,33)/t16-,17+,18-,19-,20-,21-,22+,23+,25+,26-/m1/s1. The van der Waals surface area contributed by atoms with Crippen molar-refractivity contribution < 1.29 is 28.0 Å². The van der Waals surface area contributed by atoms with Gasteiger partial charge >= 0.3 is 0 Å². The normalized spacial score (nSPS) is 45.1. The molecule has 7 nitrogen and oxygen atoms in total. The van der Waals surface area contributed by atoms with Gasteiger partial charge in [0.15, 0.2) is 0 Å². The Bertz CT molecular complexity index is 863. The van der Waals surface area contributed by atoms with Crippen LogP contribution in [0.4, 0.5) is 0 Å². The number of fused-ring (bicyclic) bond motifs is 5. The van der Waals surface area contributed by atoms with E-state index in [-0.39, 0.29) is 35.5 Å². The monoisotopic (exact) mass is 499 g/mol. The van der Waals surface area contributed by atoms with Gasteiger partial charge in [0.25, 0.3) is 10.1 Å². The average molecular weight is 500 g/mol. The summed E-state index contributed by atoms with van der Waals surface area (Å²) in [4.78, 5) is 12.2. The predicted molar refractivity (Wildman–Crippen MR) is 130 cm³/mol. The summed E-state index contributed by atoms with van der Waals surface area (Å²) in [6, 6.07) is 0. The molecule has 34 heavy (non-hydrogen) atoms. The van der Waals surface area contributed by atoms with Gasteiger partial charge in [-0.05, 0) is 104 Å². The molecule has 4 aliphatic carbocycles. The molecular formula is C26H45NO6S. The number of hydrogen-bond donors (Lipinski definition) is 4. The summed E-state index contributed by atoms with van der Waals surface area (Å²) in [5, 5.41) is 24.5. The van der Waals surface area contributed by atoms with Crippen LogP contribution in [0.25, 0.3) is 0 Å². The van der Waals surface area contributed by atoms with E-state index in [9.17, 15) is 23.4 Å². The van der Waals surface area contributed by atoms with E-state index in [0.717, 1.165) is 38.5 Å². The topological polar surface area (TPSA) is 124 Å². The summed E-state index contributed by atoms with van der Waals surface area (Å²) >= 11 is 0. The van der Waals surface area contributed by atoms with E-state index in [1.54, 1.807) is 0 Å². The van der Waals surface area contributed by atoms with Gasteiger partial charge in [-0.2, -0.15) is 8.42 Å². The first-order valence-corrected chi connectivity index (χ1v) is 15.0. The van der Waals surface area contributed by atoms with Gasteiger partial charge in [-0.15, -0.1) is 0 Å². The Morgan fingerprint density at radius 3 is 2.50 bits per heavy atom. The summed E-state index contributed by atoms with van der Waals surface area (Å²) in [5.41, 5.74) is 0.105. The third kappa shape index (κ3) is 4.81. The number of amides is 1. The molecule has 0 radical (unpaired) electrons. The van der Waals surface area contributed by atoms with Crippen molar-refractivity contribution in [3.8, 4) is 0 Å². The van der Waals surface area contributed by atoms with Gasteiger partial charge in [0.1, 0.15) is 0 Å². The highest BCUT2D eigenvalue weighted by atomic mass is 32.2. The van der Waals surface area contributed by atoms with Gasteiger partial charge < -0.3 is 15.5 Å². The molecule has 4 aliphatic rings. The minimum Gasteiger partial charge on any atom is -0.393 e. The summed E-state index contributed by atoms with van der Waals surface area (Å²) in [6.07, 6.45) is 8.93. The van der Waals surface area contributed by atoms with Crippen LogP contribution >= 0.6 is 0 Å². The first kappa shape index (κ1) is 26.4. The van der Waals surface area contributed by atoms with E-state index in [1.807, 2.05) is 0 Å². The highest BCUT2D eigenvalue weighted by molar-refractivity contribution is 7.85. The fourth-order valence-electron chi connectivity index (χ4n) is 9.13. The molecule has 0 bridgehead atoms. The lowest BCUT2D eigenvalue weighted by molar-refractivity contribution is -0.174. The predicted octanol–water partition coefficient (Wildman–Crippen LogP) is 3.40. The zero-order valence-corrected chi connectivity index (χ0v) is 21.9. The third-order valence-electron chi connectivity index (χ3n) is 11.0. The maximum Gasteiger partial charge on any atom is 0.266 e. The summed E-state index contributed by atoms with van der Waals surface area (Å²) in [6.45, 7) is 6.86. The lowest BCUT2D eigenvalue weighted by atomic mass is 9.43. The molecule has 4 rings (SSSR count). The summed E-state index contributed by atoms with van der Waals surface area (Å²) in [7, 11) is -4.07. The Balaban J connectivity index is 1.40. The fourth-order valence-corrected chi connectivity index (χ4v) is 9.49. The van der Waals surface area contributed by atoms with Crippen molar-refractivity contribution >= 4 is 16.0 Å². The van der Waals surface area contributed by atoms with Crippen molar-refractivity contribution in [3.05, 3.63) is 0 Å². The molecule has 0 saturated heterocycles. The lowest BCUT2D eigenvalue weighted by Gasteiger charge is -2.62. The Kier molecular flexibility index (Phi) is 7.47. The van der Waals surface area contributed by atoms with E-state index in [2.05, 4.69) is 26.1 Å². The van der Waals surface area contributed by atoms with E-state index in [4.69, 9.17) is 4.55 Å². The second-order valence-electron chi connectivity index (χ2n) is 12.5. The molecular weight excluding hydrogens is 454 g/mol. The van der Waals surface area contributed by atoms with Crippen LogP contribution in [0.2, 0.25) is 0 Å². The first-order chi connectivity index (χ1) is 15.9. The van der Waals surface area contributed by atoms with Gasteiger partial charge in [-0.3, -0.25) is 9.35 Å². The van der Waals surface area contributed by atoms with E-state index >= 15 is 0 Å². The maximum absolute atomic E-state index is 12.2. The Labute approximate surface area is 205 Å². The van der Waals surface area contributed by atoms with Crippen molar-refractivity contribution in [2.75, 3.05) is 12.3 Å². The van der Waals surface area contributed by atoms with Gasteiger partial charge in [0, 0.05) is 13.0 Å². The number of hydrogen-bond acceptors (Lipinski definition) is 5. The van der Waals surface area contributed by atoms with Crippen molar-refractivity contribution in [2.45, 2.75) is 97.2 Å². The number of carbonyl (C=O) groups is 1. The molecule has 8 heteroatoms. The van der Waals surface area contributed by atoms with Gasteiger partial charge in [-0.1, -0.05) is 20.8 Å². The quantitative estimate of drug-likeness (QED) is 0.398. The number of aliphatic hydroxyl groups is 2. The molecule has 0 aromatic rings. The van der Waals surface area contributed by atoms with Crippen LogP contribution in [0.15, 0.2) is 0 Å². The zero-order chi connectivity index (χ0) is 24.9. The van der Waals surface area contributed by atoms with Crippen LogP contribution in [-0.2, 0) is 14.9 Å². The molecule has 1 amide bonds. The SMILES string of the molecule is C[C@H](CCC(=O)NCCS(=O)(=O)O)[C@H]1CC[C@@H]2[C@H]3CC[C@H]4C[C@H](O)CC[C@]4(C)[C@H]3C[C@H](O)[C@@]21C. The molecule has 0 aromatic heterocycles. The van der Waals surface area contributed by atoms with Crippen LogP contribution < -0.4 is 5.32 Å². The van der Waals surface area contributed by atoms with E-state index in [1.165, 1.54) is 12.8 Å². The zero-order valence-electron chi connectivity index (χ0n) is 21.1. The molecule has 0 aliphatic heterocycles. The molecule has 4 N–H and O–H groups in total. The van der Waals surface area contributed by atoms with Crippen molar-refractivity contribution in [1.82, 2.24) is 5.32 Å². The highest BCUT2D eigenvalue weighted by Gasteiger charge is 2.63. The Morgan fingerprint density at radius 2 is 1.79 bits per heavy atom. The molecule has 0 heterocycles. The van der Waals surface area contributed by atoms with Crippen molar-refractivity contribution in [3.63, 3.8) is 0 Å². The average Bonchev–Trinajstić information content (AvgIpc) is 3.11. The number of rotatable bonds is 7. The van der Waals surface area contributed by atoms with Gasteiger partial charge in [-0.25, -0.2) is 0 Å². The minimum absolute atomic E-state index is 0.0756. The molecule has 0 spiro atoms.